The Labute approximate surface area is 199 Å². The summed E-state index contributed by atoms with van der Waals surface area (Å²) in [6, 6.07) is 19.2. The fourth-order valence-corrected chi connectivity index (χ4v) is 4.45. The average Bonchev–Trinajstić information content (AvgIpc) is 2.80. The summed E-state index contributed by atoms with van der Waals surface area (Å²) in [7, 11) is 0. The van der Waals surface area contributed by atoms with Crippen molar-refractivity contribution < 1.29 is 9.59 Å². The highest BCUT2D eigenvalue weighted by atomic mass is 35.5. The highest BCUT2D eigenvalue weighted by Gasteiger charge is 2.17. The smallest absolute Gasteiger partial charge is 0.266 e. The molecule has 0 aliphatic rings. The fourth-order valence-electron chi connectivity index (χ4n) is 3.48. The largest absolute Gasteiger partial charge is 0.325 e. The quantitative estimate of drug-likeness (QED) is 0.232. The maximum Gasteiger partial charge on any atom is 0.266 e. The van der Waals surface area contributed by atoms with Gasteiger partial charge in [0, 0.05) is 10.6 Å². The number of nitrogens with one attached hydrogen (secondary N) is 1. The molecule has 6 nitrogen and oxygen atoms in total. The van der Waals surface area contributed by atoms with Gasteiger partial charge in [-0.2, -0.15) is 0 Å². The van der Waals surface area contributed by atoms with Gasteiger partial charge in [-0.3, -0.25) is 19.0 Å². The molecule has 1 aromatic heterocycles. The summed E-state index contributed by atoms with van der Waals surface area (Å²) in [6.07, 6.45) is 0. The highest BCUT2D eigenvalue weighted by molar-refractivity contribution is 7.99. The van der Waals surface area contributed by atoms with Gasteiger partial charge in [-0.25, -0.2) is 4.98 Å². The molecular weight excluding hydrogens is 458 g/mol. The zero-order valence-corrected chi connectivity index (χ0v) is 19.5. The summed E-state index contributed by atoms with van der Waals surface area (Å²) in [4.78, 5) is 42.6. The highest BCUT2D eigenvalue weighted by Crippen LogP contribution is 2.27. The number of benzene rings is 3. The van der Waals surface area contributed by atoms with Crippen LogP contribution in [-0.4, -0.2) is 27.0 Å². The van der Waals surface area contributed by atoms with Gasteiger partial charge in [-0.05, 0) is 55.8 Å². The number of nitrogens with zero attached hydrogens (tertiary/aromatic N) is 2. The Morgan fingerprint density at radius 3 is 2.55 bits per heavy atom. The Morgan fingerprint density at radius 1 is 1.03 bits per heavy atom. The van der Waals surface area contributed by atoms with Crippen molar-refractivity contribution in [3.8, 4) is 5.69 Å². The number of carbonyl (C=O) groups excluding carboxylic acids is 2. The van der Waals surface area contributed by atoms with E-state index in [1.165, 1.54) is 11.5 Å². The van der Waals surface area contributed by atoms with Gasteiger partial charge in [-0.1, -0.05) is 53.7 Å². The second-order valence-electron chi connectivity index (χ2n) is 7.37. The van der Waals surface area contributed by atoms with Gasteiger partial charge < -0.3 is 5.32 Å². The van der Waals surface area contributed by atoms with Gasteiger partial charge >= 0.3 is 0 Å². The molecule has 33 heavy (non-hydrogen) atoms. The fraction of sp³-hybridized carbons (Fsp3) is 0.120. The van der Waals surface area contributed by atoms with Crippen LogP contribution in [0.5, 0.6) is 0 Å². The van der Waals surface area contributed by atoms with E-state index in [-0.39, 0.29) is 23.0 Å². The van der Waals surface area contributed by atoms with Crippen molar-refractivity contribution in [1.29, 1.82) is 0 Å². The first-order valence-corrected chi connectivity index (χ1v) is 11.5. The zero-order chi connectivity index (χ0) is 23.5. The second-order valence-corrected chi connectivity index (χ2v) is 8.72. The minimum absolute atomic E-state index is 0.00334. The maximum absolute atomic E-state index is 13.4. The Morgan fingerprint density at radius 2 is 1.76 bits per heavy atom. The van der Waals surface area contributed by atoms with Crippen LogP contribution in [0.1, 0.15) is 22.8 Å². The first-order valence-electron chi connectivity index (χ1n) is 10.2. The molecule has 1 heterocycles. The minimum atomic E-state index is -0.314. The third-order valence-corrected chi connectivity index (χ3v) is 6.49. The second kappa shape index (κ2) is 9.60. The first-order chi connectivity index (χ1) is 15.9. The number of rotatable bonds is 6. The molecule has 0 aliphatic carbocycles. The molecule has 1 amide bonds. The van der Waals surface area contributed by atoms with E-state index in [0.29, 0.717) is 38.0 Å². The molecule has 0 atom stereocenters. The summed E-state index contributed by atoms with van der Waals surface area (Å²) >= 11 is 7.45. The molecule has 8 heteroatoms. The van der Waals surface area contributed by atoms with Crippen molar-refractivity contribution in [2.24, 2.45) is 0 Å². The van der Waals surface area contributed by atoms with E-state index in [1.54, 1.807) is 60.7 Å². The van der Waals surface area contributed by atoms with Gasteiger partial charge in [0.05, 0.1) is 28.0 Å². The molecule has 1 N–H and O–H groups in total. The van der Waals surface area contributed by atoms with Gasteiger partial charge in [0.1, 0.15) is 0 Å². The predicted molar refractivity (Wildman–Crippen MR) is 133 cm³/mol. The minimum Gasteiger partial charge on any atom is -0.325 e. The lowest BCUT2D eigenvalue weighted by molar-refractivity contribution is -0.113. The molecule has 0 saturated heterocycles. The Bertz CT molecular complexity index is 1450. The number of para-hydroxylation sites is 2. The SMILES string of the molecule is CC(=O)c1ccccc1NC(=O)CSc1nc2ccccc2c(=O)n1-c1cccc(Cl)c1C. The van der Waals surface area contributed by atoms with Crippen LogP contribution in [0.2, 0.25) is 5.02 Å². The van der Waals surface area contributed by atoms with Crippen LogP contribution in [0, 0.1) is 6.92 Å². The van der Waals surface area contributed by atoms with Gasteiger partial charge in [0.15, 0.2) is 10.9 Å². The van der Waals surface area contributed by atoms with Gasteiger partial charge in [0.2, 0.25) is 5.91 Å². The molecular formula is C25H20ClN3O3S. The Hall–Kier alpha value is -3.42. The van der Waals surface area contributed by atoms with E-state index in [0.717, 1.165) is 17.3 Å². The van der Waals surface area contributed by atoms with E-state index in [9.17, 15) is 14.4 Å². The lowest BCUT2D eigenvalue weighted by atomic mass is 10.1. The first kappa shape index (κ1) is 22.8. The molecule has 0 unspecified atom stereocenters. The van der Waals surface area contributed by atoms with E-state index >= 15 is 0 Å². The normalized spacial score (nSPS) is 10.9. The standard InChI is InChI=1S/C25H20ClN3O3S/c1-15-19(26)10-7-13-22(15)29-24(32)18-9-4-6-12-21(18)28-25(29)33-14-23(31)27-20-11-5-3-8-17(20)16(2)30/h3-13H,14H2,1-2H3,(H,27,31). The summed E-state index contributed by atoms with van der Waals surface area (Å²) in [5.41, 5.74) is 2.53. The number of fused-ring (bicyclic) bond motifs is 1. The number of hydrogen-bond acceptors (Lipinski definition) is 5. The average molecular weight is 478 g/mol. The van der Waals surface area contributed by atoms with E-state index in [2.05, 4.69) is 10.3 Å². The lowest BCUT2D eigenvalue weighted by Crippen LogP contribution is -2.23. The molecule has 166 valence electrons. The van der Waals surface area contributed by atoms with Crippen LogP contribution in [0.4, 0.5) is 5.69 Å². The molecule has 0 bridgehead atoms. The number of halogens is 1. The van der Waals surface area contributed by atoms with Crippen molar-refractivity contribution in [3.05, 3.63) is 93.2 Å². The van der Waals surface area contributed by atoms with E-state index in [1.807, 2.05) is 13.0 Å². The van der Waals surface area contributed by atoms with Crippen LogP contribution >= 0.6 is 23.4 Å². The van der Waals surface area contributed by atoms with Gasteiger partial charge in [0.25, 0.3) is 5.56 Å². The number of aromatic nitrogens is 2. The molecule has 0 fully saturated rings. The van der Waals surface area contributed by atoms with Crippen LogP contribution in [0.25, 0.3) is 16.6 Å². The van der Waals surface area contributed by atoms with Gasteiger partial charge in [-0.15, -0.1) is 0 Å². The molecule has 0 aliphatic heterocycles. The van der Waals surface area contributed by atoms with Crippen molar-refractivity contribution >= 4 is 51.6 Å². The number of Topliss-reactive ketones (excluding diaryl/α,β-unsaturated/α-hetero) is 1. The number of amides is 1. The van der Waals surface area contributed by atoms with Crippen molar-refractivity contribution in [2.75, 3.05) is 11.1 Å². The third-order valence-electron chi connectivity index (χ3n) is 5.14. The lowest BCUT2D eigenvalue weighted by Gasteiger charge is -2.16. The number of ketones is 1. The Balaban J connectivity index is 1.71. The summed E-state index contributed by atoms with van der Waals surface area (Å²) < 4.78 is 1.49. The van der Waals surface area contributed by atoms with Crippen LogP contribution < -0.4 is 10.9 Å². The van der Waals surface area contributed by atoms with Crippen LogP contribution in [-0.2, 0) is 4.79 Å². The molecule has 4 aromatic rings. The topological polar surface area (TPSA) is 81.1 Å². The van der Waals surface area contributed by atoms with E-state index in [4.69, 9.17) is 11.6 Å². The molecule has 0 radical (unpaired) electrons. The summed E-state index contributed by atoms with van der Waals surface area (Å²) in [5, 5.41) is 4.15. The van der Waals surface area contributed by atoms with E-state index < -0.39 is 0 Å². The van der Waals surface area contributed by atoms with Crippen molar-refractivity contribution in [3.63, 3.8) is 0 Å². The monoisotopic (exact) mass is 477 g/mol. The van der Waals surface area contributed by atoms with Crippen molar-refractivity contribution in [2.45, 2.75) is 19.0 Å². The molecule has 0 saturated carbocycles. The Kier molecular flexibility index (Phi) is 6.62. The number of anilines is 1. The summed E-state index contributed by atoms with van der Waals surface area (Å²) in [6.45, 7) is 3.28. The summed E-state index contributed by atoms with van der Waals surface area (Å²) in [5.74, 6) is -0.457. The van der Waals surface area contributed by atoms with Crippen LogP contribution in [0.15, 0.2) is 76.7 Å². The number of carbonyl (C=O) groups is 2. The molecule has 0 spiro atoms. The zero-order valence-electron chi connectivity index (χ0n) is 18.0. The molecule has 4 rings (SSSR count). The third kappa shape index (κ3) is 4.69. The number of hydrogen-bond donors (Lipinski definition) is 1. The predicted octanol–water partition coefficient (Wildman–Crippen LogP) is 5.28. The van der Waals surface area contributed by atoms with Crippen molar-refractivity contribution in [1.82, 2.24) is 9.55 Å². The van der Waals surface area contributed by atoms with Crippen LogP contribution in [0.3, 0.4) is 0 Å². The number of thioether (sulfide) groups is 1. The molecule has 3 aromatic carbocycles. The maximum atomic E-state index is 13.4.